The van der Waals surface area contributed by atoms with E-state index in [1.165, 1.54) is 0 Å². The predicted octanol–water partition coefficient (Wildman–Crippen LogP) is 2.21. The van der Waals surface area contributed by atoms with Crippen molar-refractivity contribution in [2.75, 3.05) is 25.5 Å². The average molecular weight is 178 g/mol. The molecule has 0 aromatic heterocycles. The van der Waals surface area contributed by atoms with Gasteiger partial charge in [0.05, 0.1) is 6.61 Å². The molecule has 0 aromatic rings. The second-order valence-electron chi connectivity index (χ2n) is 2.38. The maximum atomic E-state index is 8.50. The summed E-state index contributed by atoms with van der Waals surface area (Å²) in [6.45, 7) is 5.45. The average Bonchev–Trinajstić information content (AvgIpc) is 2.05. The third kappa shape index (κ3) is 6.74. The molecule has 0 fully saturated rings. The molecule has 68 valence electrons. The lowest BCUT2D eigenvalue weighted by atomic mass is 10.3. The zero-order valence-corrected chi connectivity index (χ0v) is 8.44. The van der Waals surface area contributed by atoms with Crippen LogP contribution in [0, 0.1) is 0 Å². The van der Waals surface area contributed by atoms with Gasteiger partial charge in [-0.3, -0.25) is 0 Å². The van der Waals surface area contributed by atoms with Crippen LogP contribution in [0.15, 0.2) is 0 Å². The Kier molecular flexibility index (Phi) is 8.72. The summed E-state index contributed by atoms with van der Waals surface area (Å²) in [4.78, 5) is 0. The van der Waals surface area contributed by atoms with Crippen LogP contribution < -0.4 is 0 Å². The third-order valence-corrected chi connectivity index (χ3v) is 3.49. The van der Waals surface area contributed by atoms with Crippen LogP contribution in [0.3, 0.4) is 0 Å². The molecule has 0 unspecified atom stereocenters. The Morgan fingerprint density at radius 1 is 1.18 bits per heavy atom. The standard InChI is InChI=1S/C8H19O2P/c1-3-11(4-2)10-8-6-5-7-9/h9H,3-8H2,1-2H3. The van der Waals surface area contributed by atoms with Crippen molar-refractivity contribution in [2.45, 2.75) is 26.7 Å². The Labute approximate surface area is 70.8 Å². The van der Waals surface area contributed by atoms with Gasteiger partial charge in [0.2, 0.25) is 0 Å². The minimum Gasteiger partial charge on any atom is -0.396 e. The topological polar surface area (TPSA) is 29.5 Å². The first-order valence-corrected chi connectivity index (χ1v) is 5.96. The van der Waals surface area contributed by atoms with Crippen LogP contribution in [0.25, 0.3) is 0 Å². The first-order chi connectivity index (χ1) is 5.35. The number of hydrogen-bond acceptors (Lipinski definition) is 2. The van der Waals surface area contributed by atoms with E-state index in [1.807, 2.05) is 0 Å². The van der Waals surface area contributed by atoms with E-state index in [2.05, 4.69) is 13.8 Å². The summed E-state index contributed by atoms with van der Waals surface area (Å²) >= 11 is 0. The number of hydrogen-bond donors (Lipinski definition) is 1. The molecule has 0 aliphatic heterocycles. The quantitative estimate of drug-likeness (QED) is 0.478. The predicted molar refractivity (Wildman–Crippen MR) is 50.3 cm³/mol. The van der Waals surface area contributed by atoms with Crippen molar-refractivity contribution in [3.8, 4) is 0 Å². The van der Waals surface area contributed by atoms with Gasteiger partial charge in [-0.15, -0.1) is 0 Å². The SMILES string of the molecule is CCP(CC)OCCCCO. The Bertz CT molecular complexity index is 74.5. The molecular formula is C8H19O2P. The van der Waals surface area contributed by atoms with Crippen molar-refractivity contribution >= 4 is 8.15 Å². The minimum absolute atomic E-state index is 0.154. The van der Waals surface area contributed by atoms with Gasteiger partial charge >= 0.3 is 0 Å². The molecule has 0 saturated carbocycles. The lowest BCUT2D eigenvalue weighted by Crippen LogP contribution is -1.94. The van der Waals surface area contributed by atoms with Crippen LogP contribution in [0.1, 0.15) is 26.7 Å². The summed E-state index contributed by atoms with van der Waals surface area (Å²) in [5, 5.41) is 8.50. The summed E-state index contributed by atoms with van der Waals surface area (Å²) in [6.07, 6.45) is 4.18. The second-order valence-corrected chi connectivity index (χ2v) is 4.86. The van der Waals surface area contributed by atoms with Crippen LogP contribution in [0.2, 0.25) is 0 Å². The molecule has 0 aliphatic rings. The molecule has 3 heteroatoms. The van der Waals surface area contributed by atoms with E-state index in [4.69, 9.17) is 9.63 Å². The van der Waals surface area contributed by atoms with E-state index < -0.39 is 0 Å². The first kappa shape index (κ1) is 11.4. The second kappa shape index (κ2) is 8.45. The lowest BCUT2D eigenvalue weighted by Gasteiger charge is -2.12. The fourth-order valence-electron chi connectivity index (χ4n) is 0.814. The molecular weight excluding hydrogens is 159 g/mol. The maximum absolute atomic E-state index is 8.50. The zero-order valence-electron chi connectivity index (χ0n) is 7.55. The number of unbranched alkanes of at least 4 members (excludes halogenated alkanes) is 1. The minimum atomic E-state index is -0.154. The molecule has 1 N–H and O–H groups in total. The Morgan fingerprint density at radius 3 is 2.27 bits per heavy atom. The highest BCUT2D eigenvalue weighted by Gasteiger charge is 2.01. The van der Waals surface area contributed by atoms with Crippen LogP contribution in [-0.4, -0.2) is 30.6 Å². The molecule has 11 heavy (non-hydrogen) atoms. The van der Waals surface area contributed by atoms with E-state index >= 15 is 0 Å². The van der Waals surface area contributed by atoms with Crippen molar-refractivity contribution in [3.63, 3.8) is 0 Å². The number of aliphatic hydroxyl groups is 1. The van der Waals surface area contributed by atoms with E-state index in [0.717, 1.165) is 31.8 Å². The highest BCUT2D eigenvalue weighted by molar-refractivity contribution is 7.52. The lowest BCUT2D eigenvalue weighted by molar-refractivity contribution is 0.261. The van der Waals surface area contributed by atoms with Crippen LogP contribution in [0.4, 0.5) is 0 Å². The van der Waals surface area contributed by atoms with Gasteiger partial charge in [0.25, 0.3) is 0 Å². The van der Waals surface area contributed by atoms with Crippen molar-refractivity contribution in [2.24, 2.45) is 0 Å². The highest BCUT2D eigenvalue weighted by Crippen LogP contribution is 2.35. The van der Waals surface area contributed by atoms with E-state index in [-0.39, 0.29) is 8.15 Å². The van der Waals surface area contributed by atoms with Gasteiger partial charge in [0, 0.05) is 14.8 Å². The largest absolute Gasteiger partial charge is 0.396 e. The fourth-order valence-corrected chi connectivity index (χ4v) is 2.01. The molecule has 0 radical (unpaired) electrons. The van der Waals surface area contributed by atoms with Crippen molar-refractivity contribution in [1.82, 2.24) is 0 Å². The molecule has 0 rings (SSSR count). The fraction of sp³-hybridized carbons (Fsp3) is 1.00. The summed E-state index contributed by atoms with van der Waals surface area (Å²) in [7, 11) is -0.154. The van der Waals surface area contributed by atoms with Gasteiger partial charge in [-0.1, -0.05) is 13.8 Å². The van der Waals surface area contributed by atoms with Gasteiger partial charge in [-0.05, 0) is 25.2 Å². The molecule has 0 aromatic carbocycles. The molecule has 0 bridgehead atoms. The molecule has 0 aliphatic carbocycles. The first-order valence-electron chi connectivity index (χ1n) is 4.33. The molecule has 0 heterocycles. The van der Waals surface area contributed by atoms with Gasteiger partial charge in [-0.2, -0.15) is 0 Å². The monoisotopic (exact) mass is 178 g/mol. The van der Waals surface area contributed by atoms with E-state index in [9.17, 15) is 0 Å². The van der Waals surface area contributed by atoms with Gasteiger partial charge in [0.1, 0.15) is 0 Å². The van der Waals surface area contributed by atoms with Gasteiger partial charge < -0.3 is 9.63 Å². The van der Waals surface area contributed by atoms with Crippen LogP contribution >= 0.6 is 8.15 Å². The van der Waals surface area contributed by atoms with Gasteiger partial charge in [0.15, 0.2) is 0 Å². The normalized spacial score (nSPS) is 10.9. The molecule has 0 amide bonds. The Morgan fingerprint density at radius 2 is 1.82 bits per heavy atom. The highest BCUT2D eigenvalue weighted by atomic mass is 31.1. The van der Waals surface area contributed by atoms with Crippen molar-refractivity contribution < 1.29 is 9.63 Å². The Hall–Kier alpha value is 0.350. The molecule has 2 nitrogen and oxygen atoms in total. The third-order valence-electron chi connectivity index (χ3n) is 1.53. The van der Waals surface area contributed by atoms with Crippen molar-refractivity contribution in [3.05, 3.63) is 0 Å². The number of rotatable bonds is 7. The van der Waals surface area contributed by atoms with Crippen molar-refractivity contribution in [1.29, 1.82) is 0 Å². The summed E-state index contributed by atoms with van der Waals surface area (Å²) in [6, 6.07) is 0. The van der Waals surface area contributed by atoms with E-state index in [0.29, 0.717) is 6.61 Å². The van der Waals surface area contributed by atoms with Crippen LogP contribution in [-0.2, 0) is 4.52 Å². The molecule has 0 saturated heterocycles. The Balaban J connectivity index is 3.07. The summed E-state index contributed by atoms with van der Waals surface area (Å²) in [5.41, 5.74) is 0. The zero-order chi connectivity index (χ0) is 8.53. The van der Waals surface area contributed by atoms with E-state index in [1.54, 1.807) is 0 Å². The maximum Gasteiger partial charge on any atom is 0.0509 e. The summed E-state index contributed by atoms with van der Waals surface area (Å²) < 4.78 is 5.60. The molecule has 0 spiro atoms. The smallest absolute Gasteiger partial charge is 0.0509 e. The molecule has 0 atom stereocenters. The summed E-state index contributed by atoms with van der Waals surface area (Å²) in [5.74, 6) is 0. The number of aliphatic hydroxyl groups excluding tert-OH is 1. The van der Waals surface area contributed by atoms with Crippen LogP contribution in [0.5, 0.6) is 0 Å². The van der Waals surface area contributed by atoms with Gasteiger partial charge in [-0.25, -0.2) is 0 Å².